The molecule has 3 rings (SSSR count). The van der Waals surface area contributed by atoms with Gasteiger partial charge in [-0.15, -0.1) is 0 Å². The molecule has 1 atom stereocenters. The minimum atomic E-state index is 0.290. The highest BCUT2D eigenvalue weighted by Gasteiger charge is 2.22. The lowest BCUT2D eigenvalue weighted by atomic mass is 10.1. The molecule has 8 heteroatoms. The molecular formula is C19H29N7O. The molecule has 1 aliphatic rings. The number of aliphatic imine (C=N–C) groups is 1. The molecule has 0 radical (unpaired) electrons. The van der Waals surface area contributed by atoms with Crippen LogP contribution in [0.1, 0.15) is 43.9 Å². The summed E-state index contributed by atoms with van der Waals surface area (Å²) in [5.74, 6) is 3.46. The van der Waals surface area contributed by atoms with E-state index >= 15 is 0 Å². The van der Waals surface area contributed by atoms with Gasteiger partial charge < -0.3 is 15.4 Å². The number of fused-ring (bicyclic) bond motifs is 1. The van der Waals surface area contributed by atoms with E-state index in [-0.39, 0.29) is 6.04 Å². The van der Waals surface area contributed by atoms with Gasteiger partial charge in [-0.25, -0.2) is 14.6 Å². The zero-order chi connectivity index (χ0) is 19.1. The van der Waals surface area contributed by atoms with Gasteiger partial charge >= 0.3 is 0 Å². The minimum absolute atomic E-state index is 0.290. The molecule has 1 aliphatic heterocycles. The second-order valence-electron chi connectivity index (χ2n) is 6.64. The van der Waals surface area contributed by atoms with E-state index in [1.165, 1.54) is 0 Å². The lowest BCUT2D eigenvalue weighted by Gasteiger charge is -2.25. The number of pyridine rings is 1. The van der Waals surface area contributed by atoms with Crippen LogP contribution >= 0.6 is 0 Å². The molecule has 0 aromatic carbocycles. The van der Waals surface area contributed by atoms with E-state index in [1.807, 2.05) is 23.0 Å². The maximum Gasteiger partial charge on any atom is 0.213 e. The van der Waals surface area contributed by atoms with E-state index in [9.17, 15) is 0 Å². The van der Waals surface area contributed by atoms with Gasteiger partial charge in [-0.1, -0.05) is 19.9 Å². The van der Waals surface area contributed by atoms with E-state index in [0.29, 0.717) is 19.0 Å². The van der Waals surface area contributed by atoms with E-state index < -0.39 is 0 Å². The van der Waals surface area contributed by atoms with E-state index in [2.05, 4.69) is 44.5 Å². The second kappa shape index (κ2) is 9.34. The fourth-order valence-corrected chi connectivity index (χ4v) is 3.01. The standard InChI is InChI=1S/C19H29N7O/c1-4-10-27-18-9-6-14(11-21-18)12-22-19(20-3)23-15-7-8-17-24-16(5-2)25-26(17)13-15/h6,9,11,15H,4-5,7-8,10,12-13H2,1-3H3,(H2,20,22,23). The number of aromatic nitrogens is 4. The average molecular weight is 371 g/mol. The largest absolute Gasteiger partial charge is 0.478 e. The van der Waals surface area contributed by atoms with Crippen molar-refractivity contribution in [2.45, 2.75) is 58.7 Å². The fraction of sp³-hybridized carbons (Fsp3) is 0.579. The van der Waals surface area contributed by atoms with Crippen molar-refractivity contribution in [3.05, 3.63) is 35.5 Å². The van der Waals surface area contributed by atoms with Crippen LogP contribution < -0.4 is 15.4 Å². The Hall–Kier alpha value is -2.64. The molecule has 0 saturated heterocycles. The molecule has 2 aromatic rings. The van der Waals surface area contributed by atoms with Gasteiger partial charge in [-0.05, 0) is 18.4 Å². The summed E-state index contributed by atoms with van der Waals surface area (Å²) in [5, 5.41) is 11.4. The van der Waals surface area contributed by atoms with Gasteiger partial charge in [0.05, 0.1) is 13.2 Å². The Labute approximate surface area is 160 Å². The monoisotopic (exact) mass is 371 g/mol. The number of rotatable bonds is 7. The number of hydrogen-bond acceptors (Lipinski definition) is 5. The quantitative estimate of drug-likeness (QED) is 0.569. The summed E-state index contributed by atoms with van der Waals surface area (Å²) in [6.45, 7) is 6.32. The first-order valence-corrected chi connectivity index (χ1v) is 9.69. The Morgan fingerprint density at radius 3 is 2.96 bits per heavy atom. The molecule has 8 nitrogen and oxygen atoms in total. The van der Waals surface area contributed by atoms with Crippen molar-refractivity contribution in [2.75, 3.05) is 13.7 Å². The van der Waals surface area contributed by atoms with Crippen LogP contribution in [0.2, 0.25) is 0 Å². The number of ether oxygens (including phenoxy) is 1. The highest BCUT2D eigenvalue weighted by atomic mass is 16.5. The average Bonchev–Trinajstić information content (AvgIpc) is 3.12. The van der Waals surface area contributed by atoms with Gasteiger partial charge in [0.15, 0.2) is 11.8 Å². The molecule has 2 aromatic heterocycles. The molecule has 0 bridgehead atoms. The Balaban J connectivity index is 1.49. The van der Waals surface area contributed by atoms with Gasteiger partial charge in [0, 0.05) is 44.7 Å². The first kappa shape index (κ1) is 19.1. The first-order chi connectivity index (χ1) is 13.2. The molecule has 27 heavy (non-hydrogen) atoms. The van der Waals surface area contributed by atoms with E-state index in [1.54, 1.807) is 7.05 Å². The lowest BCUT2D eigenvalue weighted by molar-refractivity contribution is 0.305. The minimum Gasteiger partial charge on any atom is -0.478 e. The van der Waals surface area contributed by atoms with Crippen LogP contribution in [-0.2, 0) is 25.9 Å². The fourth-order valence-electron chi connectivity index (χ4n) is 3.01. The third-order valence-corrected chi connectivity index (χ3v) is 4.49. The summed E-state index contributed by atoms with van der Waals surface area (Å²) in [6, 6.07) is 4.21. The van der Waals surface area contributed by atoms with Crippen LogP contribution in [0.4, 0.5) is 0 Å². The smallest absolute Gasteiger partial charge is 0.213 e. The first-order valence-electron chi connectivity index (χ1n) is 9.69. The maximum atomic E-state index is 5.51. The molecular weight excluding hydrogens is 342 g/mol. The molecule has 0 spiro atoms. The molecule has 0 aliphatic carbocycles. The normalized spacial score (nSPS) is 16.7. The summed E-state index contributed by atoms with van der Waals surface area (Å²) >= 11 is 0. The lowest BCUT2D eigenvalue weighted by Crippen LogP contribution is -2.46. The van der Waals surface area contributed by atoms with Gasteiger partial charge in [0.1, 0.15) is 5.82 Å². The summed E-state index contributed by atoms with van der Waals surface area (Å²) in [4.78, 5) is 13.2. The van der Waals surface area contributed by atoms with Crippen LogP contribution in [0.25, 0.3) is 0 Å². The Bertz CT molecular complexity index is 754. The number of nitrogens with one attached hydrogen (secondary N) is 2. The van der Waals surface area contributed by atoms with Crippen LogP contribution in [0.5, 0.6) is 5.88 Å². The summed E-state index contributed by atoms with van der Waals surface area (Å²) < 4.78 is 7.54. The number of hydrogen-bond donors (Lipinski definition) is 2. The second-order valence-corrected chi connectivity index (χ2v) is 6.64. The molecule has 0 amide bonds. The highest BCUT2D eigenvalue weighted by Crippen LogP contribution is 2.13. The molecule has 3 heterocycles. The zero-order valence-corrected chi connectivity index (χ0v) is 16.4. The van der Waals surface area contributed by atoms with E-state index in [0.717, 1.165) is 55.4 Å². The van der Waals surface area contributed by atoms with Gasteiger partial charge in [0.2, 0.25) is 5.88 Å². The zero-order valence-electron chi connectivity index (χ0n) is 16.4. The SMILES string of the molecule is CCCOc1ccc(CNC(=NC)NC2CCc3nc(CC)nn3C2)cn1. The molecule has 0 saturated carbocycles. The predicted molar refractivity (Wildman–Crippen MR) is 105 cm³/mol. The third kappa shape index (κ3) is 5.18. The Kier molecular flexibility index (Phi) is 6.62. The van der Waals surface area contributed by atoms with Crippen LogP contribution in [0.3, 0.4) is 0 Å². The van der Waals surface area contributed by atoms with Crippen LogP contribution in [0.15, 0.2) is 23.3 Å². The third-order valence-electron chi connectivity index (χ3n) is 4.49. The Morgan fingerprint density at radius 1 is 1.37 bits per heavy atom. The Morgan fingerprint density at radius 2 is 2.26 bits per heavy atom. The number of nitrogens with zero attached hydrogens (tertiary/aromatic N) is 5. The number of aryl methyl sites for hydroxylation is 2. The van der Waals surface area contributed by atoms with Crippen molar-refractivity contribution in [1.29, 1.82) is 0 Å². The van der Waals surface area contributed by atoms with Crippen LogP contribution in [-0.4, -0.2) is 45.4 Å². The van der Waals surface area contributed by atoms with Crippen LogP contribution in [0, 0.1) is 0 Å². The summed E-state index contributed by atoms with van der Waals surface area (Å²) in [6.07, 6.45) is 5.64. The summed E-state index contributed by atoms with van der Waals surface area (Å²) in [7, 11) is 1.79. The van der Waals surface area contributed by atoms with Gasteiger partial charge in [0.25, 0.3) is 0 Å². The maximum absolute atomic E-state index is 5.51. The van der Waals surface area contributed by atoms with E-state index in [4.69, 9.17) is 4.74 Å². The highest BCUT2D eigenvalue weighted by molar-refractivity contribution is 5.79. The van der Waals surface area contributed by atoms with Gasteiger partial charge in [-0.2, -0.15) is 5.10 Å². The topological polar surface area (TPSA) is 89.3 Å². The van der Waals surface area contributed by atoms with Crippen molar-refractivity contribution >= 4 is 5.96 Å². The van der Waals surface area contributed by atoms with Crippen molar-refractivity contribution in [3.8, 4) is 5.88 Å². The number of guanidine groups is 1. The molecule has 2 N–H and O–H groups in total. The predicted octanol–water partition coefficient (Wildman–Crippen LogP) is 1.70. The molecule has 1 unspecified atom stereocenters. The van der Waals surface area contributed by atoms with Crippen molar-refractivity contribution in [3.63, 3.8) is 0 Å². The molecule has 0 fully saturated rings. The van der Waals surface area contributed by atoms with Crippen molar-refractivity contribution in [1.82, 2.24) is 30.4 Å². The summed E-state index contributed by atoms with van der Waals surface area (Å²) in [5.41, 5.74) is 1.08. The van der Waals surface area contributed by atoms with Crippen molar-refractivity contribution in [2.24, 2.45) is 4.99 Å². The van der Waals surface area contributed by atoms with Crippen molar-refractivity contribution < 1.29 is 4.74 Å². The van der Waals surface area contributed by atoms with Gasteiger partial charge in [-0.3, -0.25) is 4.99 Å². The molecule has 146 valence electrons.